The number of hydrogen-bond donors (Lipinski definition) is 0. The van der Waals surface area contributed by atoms with Crippen molar-refractivity contribution in [2.45, 2.75) is 38.7 Å². The van der Waals surface area contributed by atoms with Gasteiger partial charge in [-0.05, 0) is 20.8 Å². The fourth-order valence-corrected chi connectivity index (χ4v) is 4.70. The molecular weight excluding hydrogens is 286 g/mol. The van der Waals surface area contributed by atoms with Gasteiger partial charge < -0.3 is 9.64 Å². The molecule has 1 unspecified atom stereocenters. The molecule has 0 saturated carbocycles. The maximum absolute atomic E-state index is 12.1. The first kappa shape index (κ1) is 16.8. The fourth-order valence-electron chi connectivity index (χ4n) is 1.72. The van der Waals surface area contributed by atoms with Crippen molar-refractivity contribution in [3.8, 4) is 0 Å². The molecule has 1 heterocycles. The summed E-state index contributed by atoms with van der Waals surface area (Å²) in [5, 5.41) is -0.702. The Morgan fingerprint density at radius 2 is 2.05 bits per heavy atom. The van der Waals surface area contributed by atoms with E-state index in [0.717, 1.165) is 5.75 Å². The number of sulfone groups is 1. The lowest BCUT2D eigenvalue weighted by Gasteiger charge is -2.35. The third-order valence-electron chi connectivity index (χ3n) is 2.85. The molecule has 0 aliphatic carbocycles. The van der Waals surface area contributed by atoms with E-state index in [2.05, 4.69) is 0 Å². The van der Waals surface area contributed by atoms with E-state index in [-0.39, 0.29) is 18.3 Å². The van der Waals surface area contributed by atoms with Crippen molar-refractivity contribution >= 4 is 27.5 Å². The van der Waals surface area contributed by atoms with Gasteiger partial charge in [-0.25, -0.2) is 8.42 Å². The molecule has 1 amide bonds. The summed E-state index contributed by atoms with van der Waals surface area (Å²) < 4.78 is 29.5. The molecule has 0 bridgehead atoms. The second-order valence-corrected chi connectivity index (χ2v) is 9.07. The van der Waals surface area contributed by atoms with Crippen molar-refractivity contribution in [1.29, 1.82) is 0 Å². The van der Waals surface area contributed by atoms with Crippen LogP contribution in [-0.4, -0.2) is 60.6 Å². The summed E-state index contributed by atoms with van der Waals surface area (Å²) >= 11 is 1.58. The first-order valence-corrected chi connectivity index (χ1v) is 9.27. The van der Waals surface area contributed by atoms with Crippen LogP contribution in [-0.2, 0) is 19.4 Å². The normalized spacial score (nSPS) is 21.5. The molecule has 5 nitrogen and oxygen atoms in total. The van der Waals surface area contributed by atoms with E-state index in [1.807, 2.05) is 20.8 Å². The predicted octanol–water partition coefficient (Wildman–Crippen LogP) is 1.14. The minimum Gasteiger partial charge on any atom is -0.366 e. The van der Waals surface area contributed by atoms with Gasteiger partial charge in [0.05, 0.1) is 5.60 Å². The lowest BCUT2D eigenvalue weighted by molar-refractivity contribution is -0.141. The summed E-state index contributed by atoms with van der Waals surface area (Å²) in [5.74, 6) is 1.05. The Bertz CT molecular complexity index is 414. The number of carbonyl (C=O) groups excluding carboxylic acids is 1. The van der Waals surface area contributed by atoms with Gasteiger partial charge in [-0.3, -0.25) is 4.79 Å². The van der Waals surface area contributed by atoms with Gasteiger partial charge in [-0.1, -0.05) is 6.92 Å². The zero-order valence-electron chi connectivity index (χ0n) is 12.0. The van der Waals surface area contributed by atoms with Crippen molar-refractivity contribution in [2.75, 3.05) is 30.4 Å². The average molecular weight is 309 g/mol. The molecule has 1 rings (SSSR count). The first-order valence-electron chi connectivity index (χ1n) is 6.40. The highest BCUT2D eigenvalue weighted by atomic mass is 32.2. The molecule has 1 aliphatic rings. The van der Waals surface area contributed by atoms with Crippen LogP contribution >= 0.6 is 11.8 Å². The van der Waals surface area contributed by atoms with Crippen molar-refractivity contribution in [3.05, 3.63) is 0 Å². The highest BCUT2D eigenvalue weighted by Crippen LogP contribution is 2.22. The lowest BCUT2D eigenvalue weighted by Crippen LogP contribution is -2.52. The van der Waals surface area contributed by atoms with Crippen LogP contribution in [0.4, 0.5) is 0 Å². The van der Waals surface area contributed by atoms with Gasteiger partial charge in [-0.15, -0.1) is 0 Å². The Morgan fingerprint density at radius 1 is 1.42 bits per heavy atom. The summed E-state index contributed by atoms with van der Waals surface area (Å²) in [6.45, 7) is 7.62. The van der Waals surface area contributed by atoms with E-state index in [9.17, 15) is 13.2 Å². The molecule has 1 saturated heterocycles. The molecule has 19 heavy (non-hydrogen) atoms. The van der Waals surface area contributed by atoms with Crippen molar-refractivity contribution in [3.63, 3.8) is 0 Å². The largest absolute Gasteiger partial charge is 0.366 e. The molecule has 0 radical (unpaired) electrons. The Balaban J connectivity index is 2.75. The van der Waals surface area contributed by atoms with Crippen LogP contribution in [0.2, 0.25) is 0 Å². The van der Waals surface area contributed by atoms with E-state index < -0.39 is 20.8 Å². The van der Waals surface area contributed by atoms with Crippen molar-refractivity contribution < 1.29 is 17.9 Å². The molecule has 1 fully saturated rings. The lowest BCUT2D eigenvalue weighted by atomic mass is 10.2. The van der Waals surface area contributed by atoms with Gasteiger partial charge in [-0.2, -0.15) is 11.8 Å². The number of thioether (sulfide) groups is 1. The molecule has 0 N–H and O–H groups in total. The molecule has 0 aromatic heterocycles. The maximum Gasteiger partial charge on any atom is 0.249 e. The van der Waals surface area contributed by atoms with Gasteiger partial charge in [0.25, 0.3) is 0 Å². The van der Waals surface area contributed by atoms with Crippen molar-refractivity contribution in [1.82, 2.24) is 4.90 Å². The third kappa shape index (κ3) is 4.96. The Labute approximate surface area is 120 Å². The zero-order chi connectivity index (χ0) is 14.7. The van der Waals surface area contributed by atoms with Gasteiger partial charge in [0.15, 0.2) is 9.84 Å². The van der Waals surface area contributed by atoms with Gasteiger partial charge in [0.2, 0.25) is 5.91 Å². The number of rotatable bonds is 4. The summed E-state index contributed by atoms with van der Waals surface area (Å²) in [7, 11) is -3.24. The second-order valence-electron chi connectivity index (χ2n) is 5.47. The van der Waals surface area contributed by atoms with Crippen LogP contribution in [0.15, 0.2) is 0 Å². The van der Waals surface area contributed by atoms with E-state index >= 15 is 0 Å². The number of nitrogens with zero attached hydrogens (tertiary/aromatic N) is 1. The highest BCUT2D eigenvalue weighted by Gasteiger charge is 2.35. The van der Waals surface area contributed by atoms with Crippen molar-refractivity contribution in [2.24, 2.45) is 0 Å². The minimum atomic E-state index is -3.24. The fraction of sp³-hybridized carbons (Fsp3) is 0.917. The predicted molar refractivity (Wildman–Crippen MR) is 78.0 cm³/mol. The summed E-state index contributed by atoms with van der Waals surface area (Å²) in [5.41, 5.74) is -0.403. The Kier molecular flexibility index (Phi) is 5.70. The molecular formula is C12H23NO4S2. The monoisotopic (exact) mass is 309 g/mol. The molecule has 0 aromatic rings. The molecule has 112 valence electrons. The average Bonchev–Trinajstić information content (AvgIpc) is 2.35. The van der Waals surface area contributed by atoms with E-state index in [1.54, 1.807) is 18.7 Å². The summed E-state index contributed by atoms with van der Waals surface area (Å²) in [6.07, 6.45) is 0. The van der Waals surface area contributed by atoms with Gasteiger partial charge >= 0.3 is 0 Å². The van der Waals surface area contributed by atoms with E-state index in [1.165, 1.54) is 4.90 Å². The summed E-state index contributed by atoms with van der Waals surface area (Å²) in [4.78, 5) is 13.6. The third-order valence-corrected chi connectivity index (χ3v) is 6.14. The Hall–Kier alpha value is -0.270. The Morgan fingerprint density at radius 3 is 2.58 bits per heavy atom. The van der Waals surface area contributed by atoms with Crippen LogP contribution in [0.25, 0.3) is 0 Å². The highest BCUT2D eigenvalue weighted by molar-refractivity contribution is 8.01. The van der Waals surface area contributed by atoms with E-state index in [0.29, 0.717) is 12.3 Å². The quantitative estimate of drug-likeness (QED) is 0.779. The SMILES string of the molecule is CCS(=O)(=O)C1CSCCN1C(=O)COC(C)(C)C. The molecule has 0 spiro atoms. The molecule has 7 heteroatoms. The topological polar surface area (TPSA) is 63.7 Å². The zero-order valence-corrected chi connectivity index (χ0v) is 13.6. The number of ether oxygens (including phenoxy) is 1. The van der Waals surface area contributed by atoms with Gasteiger partial charge in [0.1, 0.15) is 12.0 Å². The molecule has 0 aromatic carbocycles. The number of amides is 1. The van der Waals surface area contributed by atoms with Crippen LogP contribution in [0.1, 0.15) is 27.7 Å². The standard InChI is InChI=1S/C12H23NO4S2/c1-5-19(15,16)11-9-18-7-6-13(11)10(14)8-17-12(2,3)4/h11H,5-9H2,1-4H3. The minimum absolute atomic E-state index is 0.0577. The number of carbonyl (C=O) groups is 1. The summed E-state index contributed by atoms with van der Waals surface area (Å²) in [6, 6.07) is 0. The maximum atomic E-state index is 12.1. The van der Waals surface area contributed by atoms with Crippen LogP contribution < -0.4 is 0 Å². The van der Waals surface area contributed by atoms with Gasteiger partial charge in [0, 0.05) is 23.8 Å². The first-order chi connectivity index (χ1) is 8.67. The van der Waals surface area contributed by atoms with Crippen LogP contribution in [0, 0.1) is 0 Å². The molecule has 1 atom stereocenters. The van der Waals surface area contributed by atoms with Crippen LogP contribution in [0.5, 0.6) is 0 Å². The van der Waals surface area contributed by atoms with E-state index in [4.69, 9.17) is 4.74 Å². The number of hydrogen-bond acceptors (Lipinski definition) is 5. The smallest absolute Gasteiger partial charge is 0.249 e. The van der Waals surface area contributed by atoms with Crippen LogP contribution in [0.3, 0.4) is 0 Å². The molecule has 1 aliphatic heterocycles. The second kappa shape index (κ2) is 6.45.